The molecule has 0 spiro atoms. The Balaban J connectivity index is 2.19. The minimum absolute atomic E-state index is 0.206. The van der Waals surface area contributed by atoms with Crippen molar-refractivity contribution in [2.24, 2.45) is 0 Å². The van der Waals surface area contributed by atoms with E-state index in [2.05, 4.69) is 36.1 Å². The number of hydrogen-bond donors (Lipinski definition) is 2. The van der Waals surface area contributed by atoms with Gasteiger partial charge in [0.1, 0.15) is 6.07 Å². The Morgan fingerprint density at radius 1 is 1.50 bits per heavy atom. The second kappa shape index (κ2) is 4.31. The third-order valence-electron chi connectivity index (χ3n) is 1.94. The van der Waals surface area contributed by atoms with E-state index in [1.54, 1.807) is 6.07 Å². The molecule has 2 aromatic heterocycles. The van der Waals surface area contributed by atoms with Crippen molar-refractivity contribution in [2.75, 3.05) is 5.32 Å². The Morgan fingerprint density at radius 3 is 3.06 bits per heavy atom. The topological polar surface area (TPSA) is 116 Å². The Labute approximate surface area is 90.7 Å². The van der Waals surface area contributed by atoms with Gasteiger partial charge in [0.05, 0.1) is 17.8 Å². The average molecular weight is 216 g/mol. The van der Waals surface area contributed by atoms with Crippen LogP contribution in [-0.4, -0.2) is 30.8 Å². The molecule has 2 rings (SSSR count). The number of hydrogen-bond acceptors (Lipinski definition) is 7. The standard InChI is InChI=1S/C8H8N8/c1-5(7-13-15-16-14-7)11-8-6(4-9)2-3-10-12-8/h2-3,5H,1H3,(H,11,12)(H,13,14,15,16). The van der Waals surface area contributed by atoms with Crippen molar-refractivity contribution in [3.8, 4) is 6.07 Å². The van der Waals surface area contributed by atoms with E-state index >= 15 is 0 Å². The summed E-state index contributed by atoms with van der Waals surface area (Å²) >= 11 is 0. The number of rotatable bonds is 3. The molecule has 0 radical (unpaired) electrons. The molecule has 2 N–H and O–H groups in total. The van der Waals surface area contributed by atoms with Gasteiger partial charge in [-0.15, -0.1) is 15.3 Å². The second-order valence-corrected chi connectivity index (χ2v) is 3.04. The van der Waals surface area contributed by atoms with Crippen molar-refractivity contribution in [1.29, 1.82) is 5.26 Å². The predicted molar refractivity (Wildman–Crippen MR) is 53.0 cm³/mol. The predicted octanol–water partition coefficient (Wildman–Crippen LogP) is 0.0345. The molecular weight excluding hydrogens is 208 g/mol. The molecule has 0 aromatic carbocycles. The molecule has 16 heavy (non-hydrogen) atoms. The van der Waals surface area contributed by atoms with E-state index < -0.39 is 0 Å². The lowest BCUT2D eigenvalue weighted by atomic mass is 10.2. The highest BCUT2D eigenvalue weighted by Gasteiger charge is 2.12. The van der Waals surface area contributed by atoms with Gasteiger partial charge in [0.25, 0.3) is 0 Å². The van der Waals surface area contributed by atoms with Gasteiger partial charge in [-0.05, 0) is 13.0 Å². The molecule has 1 atom stereocenters. The van der Waals surface area contributed by atoms with Crippen molar-refractivity contribution in [3.05, 3.63) is 23.7 Å². The van der Waals surface area contributed by atoms with Gasteiger partial charge >= 0.3 is 0 Å². The van der Waals surface area contributed by atoms with E-state index in [1.807, 2.05) is 13.0 Å². The van der Waals surface area contributed by atoms with Crippen LogP contribution in [0.25, 0.3) is 0 Å². The van der Waals surface area contributed by atoms with Crippen molar-refractivity contribution in [1.82, 2.24) is 30.8 Å². The van der Waals surface area contributed by atoms with Crippen molar-refractivity contribution >= 4 is 5.82 Å². The maximum absolute atomic E-state index is 8.85. The summed E-state index contributed by atoms with van der Waals surface area (Å²) in [6.45, 7) is 1.83. The van der Waals surface area contributed by atoms with E-state index in [-0.39, 0.29) is 6.04 Å². The van der Waals surface area contributed by atoms with Crippen LogP contribution in [0.2, 0.25) is 0 Å². The molecular formula is C8H8N8. The number of tetrazole rings is 1. The summed E-state index contributed by atoms with van der Waals surface area (Å²) in [6, 6.07) is 3.39. The lowest BCUT2D eigenvalue weighted by molar-refractivity contribution is 0.781. The number of nitrogens with one attached hydrogen (secondary N) is 2. The molecule has 8 heteroatoms. The highest BCUT2D eigenvalue weighted by atomic mass is 15.5. The third-order valence-corrected chi connectivity index (χ3v) is 1.94. The Kier molecular flexibility index (Phi) is 2.69. The summed E-state index contributed by atoms with van der Waals surface area (Å²) in [7, 11) is 0. The van der Waals surface area contributed by atoms with Gasteiger partial charge in [0.15, 0.2) is 11.6 Å². The van der Waals surface area contributed by atoms with E-state index in [0.29, 0.717) is 17.2 Å². The van der Waals surface area contributed by atoms with Crippen LogP contribution in [0, 0.1) is 11.3 Å². The summed E-state index contributed by atoms with van der Waals surface area (Å²) < 4.78 is 0. The molecule has 80 valence electrons. The summed E-state index contributed by atoms with van der Waals surface area (Å²) in [6.07, 6.45) is 1.46. The van der Waals surface area contributed by atoms with Gasteiger partial charge in [0, 0.05) is 0 Å². The molecule has 0 saturated carbocycles. The van der Waals surface area contributed by atoms with E-state index in [9.17, 15) is 0 Å². The van der Waals surface area contributed by atoms with Crippen LogP contribution in [0.15, 0.2) is 12.3 Å². The minimum Gasteiger partial charge on any atom is -0.358 e. The first-order valence-corrected chi connectivity index (χ1v) is 4.53. The Hall–Kier alpha value is -2.56. The zero-order valence-electron chi connectivity index (χ0n) is 8.42. The summed E-state index contributed by atoms with van der Waals surface area (Å²) in [5, 5.41) is 32.8. The number of H-pyrrole nitrogens is 1. The summed E-state index contributed by atoms with van der Waals surface area (Å²) in [5.74, 6) is 0.900. The highest BCUT2D eigenvalue weighted by molar-refractivity contribution is 5.50. The fourth-order valence-corrected chi connectivity index (χ4v) is 1.15. The number of nitrogens with zero attached hydrogens (tertiary/aromatic N) is 6. The number of anilines is 1. The largest absolute Gasteiger partial charge is 0.358 e. The summed E-state index contributed by atoms with van der Waals surface area (Å²) in [5.41, 5.74) is 0.422. The molecule has 2 aromatic rings. The van der Waals surface area contributed by atoms with Gasteiger partial charge in [-0.2, -0.15) is 15.6 Å². The SMILES string of the molecule is CC(Nc1nnccc1C#N)c1nn[nH]n1. The lowest BCUT2D eigenvalue weighted by Crippen LogP contribution is -2.11. The number of aromatic amines is 1. The molecule has 0 saturated heterocycles. The second-order valence-electron chi connectivity index (χ2n) is 3.04. The van der Waals surface area contributed by atoms with Crippen molar-refractivity contribution < 1.29 is 0 Å². The van der Waals surface area contributed by atoms with E-state index in [4.69, 9.17) is 5.26 Å². The third kappa shape index (κ3) is 1.93. The van der Waals surface area contributed by atoms with Crippen LogP contribution in [0.1, 0.15) is 24.4 Å². The van der Waals surface area contributed by atoms with Crippen molar-refractivity contribution in [2.45, 2.75) is 13.0 Å². The number of nitriles is 1. The monoisotopic (exact) mass is 216 g/mol. The van der Waals surface area contributed by atoms with Crippen LogP contribution < -0.4 is 5.32 Å². The quantitative estimate of drug-likeness (QED) is 0.743. The maximum Gasteiger partial charge on any atom is 0.196 e. The molecule has 0 bridgehead atoms. The highest BCUT2D eigenvalue weighted by Crippen LogP contribution is 2.15. The van der Waals surface area contributed by atoms with Crippen molar-refractivity contribution in [3.63, 3.8) is 0 Å². The zero-order chi connectivity index (χ0) is 11.4. The van der Waals surface area contributed by atoms with Crippen LogP contribution in [-0.2, 0) is 0 Å². The molecule has 0 amide bonds. The van der Waals surface area contributed by atoms with Crippen LogP contribution in [0.4, 0.5) is 5.82 Å². The minimum atomic E-state index is -0.206. The molecule has 8 nitrogen and oxygen atoms in total. The smallest absolute Gasteiger partial charge is 0.196 e. The lowest BCUT2D eigenvalue weighted by Gasteiger charge is -2.10. The Bertz CT molecular complexity index is 499. The normalized spacial score (nSPS) is 11.8. The fourth-order valence-electron chi connectivity index (χ4n) is 1.15. The van der Waals surface area contributed by atoms with Gasteiger partial charge < -0.3 is 5.32 Å². The maximum atomic E-state index is 8.85. The Morgan fingerprint density at radius 2 is 2.38 bits per heavy atom. The van der Waals surface area contributed by atoms with Gasteiger partial charge in [0.2, 0.25) is 0 Å². The first-order valence-electron chi connectivity index (χ1n) is 4.53. The van der Waals surface area contributed by atoms with Gasteiger partial charge in [-0.25, -0.2) is 0 Å². The van der Waals surface area contributed by atoms with Crippen LogP contribution in [0.3, 0.4) is 0 Å². The molecule has 0 aliphatic carbocycles. The first kappa shape index (κ1) is 9.97. The van der Waals surface area contributed by atoms with E-state index in [0.717, 1.165) is 0 Å². The molecule has 0 aliphatic heterocycles. The molecule has 1 unspecified atom stereocenters. The van der Waals surface area contributed by atoms with E-state index in [1.165, 1.54) is 6.20 Å². The van der Waals surface area contributed by atoms with Crippen LogP contribution >= 0.6 is 0 Å². The fraction of sp³-hybridized carbons (Fsp3) is 0.250. The molecule has 0 aliphatic rings. The number of aromatic nitrogens is 6. The average Bonchev–Trinajstić information content (AvgIpc) is 2.83. The first-order chi connectivity index (χ1) is 7.81. The van der Waals surface area contributed by atoms with Crippen LogP contribution in [0.5, 0.6) is 0 Å². The molecule has 2 heterocycles. The van der Waals surface area contributed by atoms with Gasteiger partial charge in [-0.3, -0.25) is 0 Å². The molecule has 0 fully saturated rings. The summed E-state index contributed by atoms with van der Waals surface area (Å²) in [4.78, 5) is 0. The van der Waals surface area contributed by atoms with Gasteiger partial charge in [-0.1, -0.05) is 5.21 Å². The zero-order valence-corrected chi connectivity index (χ0v) is 8.42.